The fourth-order valence-electron chi connectivity index (χ4n) is 4.82. The molecule has 2 aromatic rings. The van der Waals surface area contributed by atoms with Gasteiger partial charge in [-0.1, -0.05) is 60.7 Å². The molecule has 140 valence electrons. The van der Waals surface area contributed by atoms with E-state index in [1.807, 2.05) is 74.5 Å². The smallest absolute Gasteiger partial charge is 0.307 e. The molecule has 4 amide bonds. The van der Waals surface area contributed by atoms with E-state index in [4.69, 9.17) is 0 Å². The van der Waals surface area contributed by atoms with Crippen LogP contribution in [0.25, 0.3) is 0 Å². The van der Waals surface area contributed by atoms with Gasteiger partial charge < -0.3 is 5.32 Å². The van der Waals surface area contributed by atoms with Crippen LogP contribution in [0.2, 0.25) is 0 Å². The summed E-state index contributed by atoms with van der Waals surface area (Å²) in [5.74, 6) is 0. The number of amides is 4. The van der Waals surface area contributed by atoms with E-state index < -0.39 is 11.3 Å². The van der Waals surface area contributed by atoms with Crippen molar-refractivity contribution >= 4 is 12.1 Å². The minimum Gasteiger partial charge on any atom is -0.307 e. The number of urea groups is 2. The molecule has 2 aromatic carbocycles. The zero-order valence-electron chi connectivity index (χ0n) is 16.0. The Morgan fingerprint density at radius 1 is 0.815 bits per heavy atom. The van der Waals surface area contributed by atoms with Crippen LogP contribution < -0.4 is 5.32 Å². The minimum absolute atomic E-state index is 0.113. The molecule has 27 heavy (non-hydrogen) atoms. The Hall–Kier alpha value is -3.02. The summed E-state index contributed by atoms with van der Waals surface area (Å²) >= 11 is 0. The highest BCUT2D eigenvalue weighted by molar-refractivity contribution is 5.89. The molecular weight excluding hydrogens is 340 g/mol. The number of nitrogens with zero attached hydrogens (tertiary/aromatic N) is 3. The summed E-state index contributed by atoms with van der Waals surface area (Å²) < 4.78 is 0. The molecule has 2 heterocycles. The number of nitrogens with one attached hydrogen (secondary N) is 1. The third-order valence-corrected chi connectivity index (χ3v) is 5.81. The van der Waals surface area contributed by atoms with E-state index in [0.717, 1.165) is 11.1 Å². The van der Waals surface area contributed by atoms with Gasteiger partial charge in [-0.2, -0.15) is 0 Å². The van der Waals surface area contributed by atoms with Crippen molar-refractivity contribution in [1.29, 1.82) is 0 Å². The Labute approximate surface area is 159 Å². The van der Waals surface area contributed by atoms with Crippen LogP contribution >= 0.6 is 0 Å². The molecule has 0 saturated carbocycles. The average Bonchev–Trinajstić information content (AvgIpc) is 3.05. The predicted molar refractivity (Wildman–Crippen MR) is 103 cm³/mol. The minimum atomic E-state index is -1.04. The first-order valence-corrected chi connectivity index (χ1v) is 9.13. The van der Waals surface area contributed by atoms with Gasteiger partial charge in [0.15, 0.2) is 11.3 Å². The van der Waals surface area contributed by atoms with Crippen molar-refractivity contribution in [2.24, 2.45) is 0 Å². The van der Waals surface area contributed by atoms with Crippen molar-refractivity contribution in [3.8, 4) is 0 Å². The molecule has 6 heteroatoms. The summed E-state index contributed by atoms with van der Waals surface area (Å²) in [5.41, 5.74) is -0.290. The van der Waals surface area contributed by atoms with E-state index in [1.54, 1.807) is 28.8 Å². The van der Waals surface area contributed by atoms with Crippen molar-refractivity contribution in [3.05, 3.63) is 71.8 Å². The molecule has 0 bridgehead atoms. The zero-order chi connectivity index (χ0) is 19.4. The summed E-state index contributed by atoms with van der Waals surface area (Å²) in [6.45, 7) is 3.95. The molecule has 0 aliphatic carbocycles. The van der Waals surface area contributed by atoms with Crippen LogP contribution in [0.15, 0.2) is 60.7 Å². The number of carbonyl (C=O) groups excluding carboxylic acids is 2. The first kappa shape index (κ1) is 17.4. The van der Waals surface area contributed by atoms with E-state index in [0.29, 0.717) is 0 Å². The summed E-state index contributed by atoms with van der Waals surface area (Å²) in [4.78, 5) is 31.6. The molecule has 6 nitrogen and oxygen atoms in total. The predicted octanol–water partition coefficient (Wildman–Crippen LogP) is 3.12. The first-order chi connectivity index (χ1) is 12.9. The van der Waals surface area contributed by atoms with Gasteiger partial charge in [0.05, 0.1) is 0 Å². The van der Waals surface area contributed by atoms with Crippen molar-refractivity contribution in [2.75, 3.05) is 14.1 Å². The Bertz CT molecular complexity index is 886. The highest BCUT2D eigenvalue weighted by Gasteiger charge is 2.75. The van der Waals surface area contributed by atoms with Gasteiger partial charge in [-0.05, 0) is 13.8 Å². The third kappa shape index (κ3) is 1.90. The quantitative estimate of drug-likeness (QED) is 0.910. The molecule has 0 spiro atoms. The second-order valence-corrected chi connectivity index (χ2v) is 7.41. The zero-order valence-corrected chi connectivity index (χ0v) is 16.0. The molecule has 4 rings (SSSR count). The van der Waals surface area contributed by atoms with Crippen LogP contribution in [0.5, 0.6) is 0 Å². The molecule has 2 aliphatic heterocycles. The van der Waals surface area contributed by atoms with Gasteiger partial charge in [-0.25, -0.2) is 9.59 Å². The molecule has 2 aliphatic rings. The average molecular weight is 364 g/mol. The second kappa shape index (κ2) is 5.74. The van der Waals surface area contributed by atoms with E-state index in [9.17, 15) is 9.59 Å². The van der Waals surface area contributed by atoms with E-state index in [1.165, 1.54) is 0 Å². The second-order valence-electron chi connectivity index (χ2n) is 7.41. The van der Waals surface area contributed by atoms with E-state index in [2.05, 4.69) is 5.32 Å². The number of likely N-dealkylation sites (N-methyl/N-ethyl adjacent to an activating group) is 2. The van der Waals surface area contributed by atoms with Crippen molar-refractivity contribution < 1.29 is 9.59 Å². The van der Waals surface area contributed by atoms with Crippen LogP contribution in [0.1, 0.15) is 25.0 Å². The van der Waals surface area contributed by atoms with Crippen LogP contribution in [-0.4, -0.2) is 46.9 Å². The summed E-state index contributed by atoms with van der Waals surface area (Å²) in [5, 5.41) is 3.18. The lowest BCUT2D eigenvalue weighted by molar-refractivity contribution is -0.0350. The van der Waals surface area contributed by atoms with Gasteiger partial charge >= 0.3 is 12.1 Å². The summed E-state index contributed by atoms with van der Waals surface area (Å²) in [7, 11) is 3.52. The normalized spacial score (nSPS) is 27.4. The van der Waals surface area contributed by atoms with Gasteiger partial charge in [-0.3, -0.25) is 14.7 Å². The summed E-state index contributed by atoms with van der Waals surface area (Å²) in [6, 6.07) is 19.1. The number of hydrogen-bond acceptors (Lipinski definition) is 2. The number of hydrogen-bond donors (Lipinski definition) is 1. The molecule has 0 aromatic heterocycles. The molecule has 0 unspecified atom stereocenters. The fraction of sp³-hybridized carbons (Fsp3) is 0.333. The Balaban J connectivity index is 2.14. The topological polar surface area (TPSA) is 55.9 Å². The van der Waals surface area contributed by atoms with Crippen molar-refractivity contribution in [2.45, 2.75) is 31.2 Å². The monoisotopic (exact) mass is 364 g/mol. The SMILES string of the molecule is CC(C)N1C(=O)N[C@@]2(c3ccccc3)N(C)C(=O)N(C)[C@@]12c1ccccc1. The van der Waals surface area contributed by atoms with Gasteiger partial charge in [-0.15, -0.1) is 0 Å². The van der Waals surface area contributed by atoms with Gasteiger partial charge in [0.25, 0.3) is 0 Å². The molecule has 2 atom stereocenters. The number of rotatable bonds is 3. The molecule has 0 radical (unpaired) electrons. The Morgan fingerprint density at radius 3 is 1.85 bits per heavy atom. The third-order valence-electron chi connectivity index (χ3n) is 5.81. The fourth-order valence-corrected chi connectivity index (χ4v) is 4.82. The lowest BCUT2D eigenvalue weighted by Crippen LogP contribution is -2.63. The molecule has 2 saturated heterocycles. The highest BCUT2D eigenvalue weighted by Crippen LogP contribution is 2.57. The van der Waals surface area contributed by atoms with Gasteiger partial charge in [0.2, 0.25) is 0 Å². The van der Waals surface area contributed by atoms with Crippen LogP contribution in [0, 0.1) is 0 Å². The number of carbonyl (C=O) groups is 2. The van der Waals surface area contributed by atoms with E-state index in [-0.39, 0.29) is 18.1 Å². The largest absolute Gasteiger partial charge is 0.324 e. The summed E-state index contributed by atoms with van der Waals surface area (Å²) in [6.07, 6.45) is 0. The number of benzene rings is 2. The Kier molecular flexibility index (Phi) is 3.70. The molecular formula is C21H24N4O2. The first-order valence-electron chi connectivity index (χ1n) is 9.13. The molecule has 1 N–H and O–H groups in total. The lowest BCUT2D eigenvalue weighted by atomic mass is 9.80. The lowest BCUT2D eigenvalue weighted by Gasteiger charge is -2.48. The van der Waals surface area contributed by atoms with E-state index >= 15 is 0 Å². The highest BCUT2D eigenvalue weighted by atomic mass is 16.2. The maximum Gasteiger partial charge on any atom is 0.324 e. The molecule has 2 fully saturated rings. The maximum absolute atomic E-state index is 13.2. The van der Waals surface area contributed by atoms with Crippen LogP contribution in [0.3, 0.4) is 0 Å². The van der Waals surface area contributed by atoms with Crippen molar-refractivity contribution in [1.82, 2.24) is 20.0 Å². The van der Waals surface area contributed by atoms with Crippen LogP contribution in [-0.2, 0) is 11.3 Å². The number of fused-ring (bicyclic) bond motifs is 1. The van der Waals surface area contributed by atoms with Crippen molar-refractivity contribution in [3.63, 3.8) is 0 Å². The Morgan fingerprint density at radius 2 is 1.33 bits per heavy atom. The maximum atomic E-state index is 13.2. The van der Waals surface area contributed by atoms with Gasteiger partial charge in [0.1, 0.15) is 0 Å². The van der Waals surface area contributed by atoms with Crippen LogP contribution in [0.4, 0.5) is 9.59 Å². The van der Waals surface area contributed by atoms with Gasteiger partial charge in [0, 0.05) is 31.3 Å². The standard InChI is InChI=1S/C21H24N4O2/c1-15(2)25-18(26)22-20(16-11-7-5-8-12-16)21(25,17-13-9-6-10-14-17)24(4)19(27)23(20)3/h5-15H,1-4H3,(H,22,26)/t20-,21-/m0/s1.